The Morgan fingerprint density at radius 3 is 3.17 bits per heavy atom. The molecule has 0 aliphatic rings. The van der Waals surface area contributed by atoms with Crippen molar-refractivity contribution in [2.75, 3.05) is 13.7 Å². The van der Waals surface area contributed by atoms with Crippen LogP contribution in [0.15, 0.2) is 6.33 Å². The molecule has 0 radical (unpaired) electrons. The van der Waals surface area contributed by atoms with E-state index in [2.05, 4.69) is 10.1 Å². The molecule has 5 heteroatoms. The SMILES string of the molecule is COCCCn1cnc(C#N)n1. The molecule has 64 valence electrons. The molecule has 1 aromatic heterocycles. The number of hydrogen-bond acceptors (Lipinski definition) is 4. The van der Waals surface area contributed by atoms with E-state index in [1.165, 1.54) is 0 Å². The first-order valence-corrected chi connectivity index (χ1v) is 3.65. The Balaban J connectivity index is 2.38. The number of nitrogens with zero attached hydrogens (tertiary/aromatic N) is 4. The zero-order valence-corrected chi connectivity index (χ0v) is 6.90. The average molecular weight is 166 g/mol. The van der Waals surface area contributed by atoms with Crippen LogP contribution in [0.4, 0.5) is 0 Å². The van der Waals surface area contributed by atoms with Gasteiger partial charge in [0, 0.05) is 20.3 Å². The van der Waals surface area contributed by atoms with Gasteiger partial charge in [0.2, 0.25) is 0 Å². The van der Waals surface area contributed by atoms with Crippen molar-refractivity contribution in [2.45, 2.75) is 13.0 Å². The summed E-state index contributed by atoms with van der Waals surface area (Å²) < 4.78 is 6.51. The highest BCUT2D eigenvalue weighted by atomic mass is 16.5. The van der Waals surface area contributed by atoms with Crippen LogP contribution in [0.25, 0.3) is 0 Å². The Morgan fingerprint density at radius 2 is 2.58 bits per heavy atom. The van der Waals surface area contributed by atoms with Gasteiger partial charge in [-0.25, -0.2) is 4.98 Å². The van der Waals surface area contributed by atoms with Crippen molar-refractivity contribution in [3.05, 3.63) is 12.2 Å². The molecular formula is C7H10N4O. The monoisotopic (exact) mass is 166 g/mol. The molecule has 5 nitrogen and oxygen atoms in total. The van der Waals surface area contributed by atoms with Crippen molar-refractivity contribution in [3.63, 3.8) is 0 Å². The molecule has 0 aliphatic carbocycles. The van der Waals surface area contributed by atoms with Crippen molar-refractivity contribution in [1.29, 1.82) is 5.26 Å². The van der Waals surface area contributed by atoms with Crippen LogP contribution in [-0.2, 0) is 11.3 Å². The summed E-state index contributed by atoms with van der Waals surface area (Å²) in [6.07, 6.45) is 2.43. The molecule has 0 bridgehead atoms. The molecule has 0 aromatic carbocycles. The number of hydrogen-bond donors (Lipinski definition) is 0. The quantitative estimate of drug-likeness (QED) is 0.599. The molecule has 0 aliphatic heterocycles. The van der Waals surface area contributed by atoms with E-state index in [0.717, 1.165) is 13.0 Å². The lowest BCUT2D eigenvalue weighted by atomic mass is 10.5. The minimum Gasteiger partial charge on any atom is -0.385 e. The topological polar surface area (TPSA) is 63.7 Å². The lowest BCUT2D eigenvalue weighted by Gasteiger charge is -1.97. The van der Waals surface area contributed by atoms with E-state index in [0.29, 0.717) is 6.61 Å². The molecule has 0 spiro atoms. The van der Waals surface area contributed by atoms with E-state index in [9.17, 15) is 0 Å². The Kier molecular flexibility index (Phi) is 3.23. The smallest absolute Gasteiger partial charge is 0.252 e. The summed E-state index contributed by atoms with van der Waals surface area (Å²) in [4.78, 5) is 3.76. The van der Waals surface area contributed by atoms with Gasteiger partial charge in [0.15, 0.2) is 0 Å². The third-order valence-electron chi connectivity index (χ3n) is 1.37. The molecule has 0 fully saturated rings. The molecule has 1 aromatic rings. The molecule has 0 amide bonds. The van der Waals surface area contributed by atoms with E-state index in [-0.39, 0.29) is 5.82 Å². The first-order chi connectivity index (χ1) is 5.86. The molecule has 0 N–H and O–H groups in total. The van der Waals surface area contributed by atoms with E-state index in [4.69, 9.17) is 10.00 Å². The maximum Gasteiger partial charge on any atom is 0.252 e. The standard InChI is InChI=1S/C7H10N4O/c1-12-4-2-3-11-6-9-7(5-8)10-11/h6H,2-4H2,1H3. The lowest BCUT2D eigenvalue weighted by Crippen LogP contribution is -2.01. The fourth-order valence-electron chi connectivity index (χ4n) is 0.824. The fraction of sp³-hybridized carbons (Fsp3) is 0.571. The van der Waals surface area contributed by atoms with E-state index in [1.807, 2.05) is 6.07 Å². The predicted molar refractivity (Wildman–Crippen MR) is 41.2 cm³/mol. The summed E-state index contributed by atoms with van der Waals surface area (Å²) >= 11 is 0. The number of rotatable bonds is 4. The van der Waals surface area contributed by atoms with Crippen molar-refractivity contribution in [1.82, 2.24) is 14.8 Å². The van der Waals surface area contributed by atoms with Crippen LogP contribution in [-0.4, -0.2) is 28.5 Å². The first-order valence-electron chi connectivity index (χ1n) is 3.65. The molecule has 0 saturated carbocycles. The zero-order valence-electron chi connectivity index (χ0n) is 6.90. The largest absolute Gasteiger partial charge is 0.385 e. The maximum absolute atomic E-state index is 8.41. The highest BCUT2D eigenvalue weighted by Crippen LogP contribution is 1.90. The van der Waals surface area contributed by atoms with Gasteiger partial charge in [-0.2, -0.15) is 5.26 Å². The van der Waals surface area contributed by atoms with Gasteiger partial charge in [-0.3, -0.25) is 4.68 Å². The van der Waals surface area contributed by atoms with Crippen LogP contribution < -0.4 is 0 Å². The molecular weight excluding hydrogens is 156 g/mol. The van der Waals surface area contributed by atoms with Gasteiger partial charge < -0.3 is 4.74 Å². The normalized spacial score (nSPS) is 9.67. The zero-order chi connectivity index (χ0) is 8.81. The van der Waals surface area contributed by atoms with Crippen LogP contribution in [0.1, 0.15) is 12.2 Å². The molecule has 1 rings (SSSR count). The van der Waals surface area contributed by atoms with Gasteiger partial charge >= 0.3 is 0 Å². The number of methoxy groups -OCH3 is 1. The average Bonchev–Trinajstić information content (AvgIpc) is 2.53. The Hall–Kier alpha value is -1.41. The number of ether oxygens (including phenoxy) is 1. The second-order valence-corrected chi connectivity index (χ2v) is 2.29. The first kappa shape index (κ1) is 8.68. The summed E-state index contributed by atoms with van der Waals surface area (Å²) in [6.45, 7) is 1.43. The van der Waals surface area contributed by atoms with Crippen LogP contribution in [0, 0.1) is 11.3 Å². The number of nitriles is 1. The summed E-state index contributed by atoms with van der Waals surface area (Å²) in [7, 11) is 1.65. The van der Waals surface area contributed by atoms with Crippen molar-refractivity contribution in [2.24, 2.45) is 0 Å². The van der Waals surface area contributed by atoms with Gasteiger partial charge in [-0.1, -0.05) is 0 Å². The van der Waals surface area contributed by atoms with Gasteiger partial charge in [0.25, 0.3) is 5.82 Å². The summed E-state index contributed by atoms with van der Waals surface area (Å²) in [5.41, 5.74) is 0. The van der Waals surface area contributed by atoms with Crippen LogP contribution in [0.5, 0.6) is 0 Å². The molecule has 12 heavy (non-hydrogen) atoms. The van der Waals surface area contributed by atoms with Crippen molar-refractivity contribution in [3.8, 4) is 6.07 Å². The van der Waals surface area contributed by atoms with Crippen LogP contribution in [0.3, 0.4) is 0 Å². The predicted octanol–water partition coefficient (Wildman–Crippen LogP) is 0.186. The second-order valence-electron chi connectivity index (χ2n) is 2.29. The number of aryl methyl sites for hydroxylation is 1. The Morgan fingerprint density at radius 1 is 1.75 bits per heavy atom. The summed E-state index contributed by atoms with van der Waals surface area (Å²) in [6, 6.07) is 1.86. The fourth-order valence-corrected chi connectivity index (χ4v) is 0.824. The van der Waals surface area contributed by atoms with E-state index >= 15 is 0 Å². The van der Waals surface area contributed by atoms with Crippen LogP contribution >= 0.6 is 0 Å². The second kappa shape index (κ2) is 4.46. The minimum atomic E-state index is 0.215. The van der Waals surface area contributed by atoms with Crippen molar-refractivity contribution >= 4 is 0 Å². The lowest BCUT2D eigenvalue weighted by molar-refractivity contribution is 0.189. The third kappa shape index (κ3) is 2.32. The minimum absolute atomic E-state index is 0.215. The summed E-state index contributed by atoms with van der Waals surface area (Å²) in [5.74, 6) is 0.215. The van der Waals surface area contributed by atoms with Gasteiger partial charge in [-0.15, -0.1) is 5.10 Å². The maximum atomic E-state index is 8.41. The van der Waals surface area contributed by atoms with E-state index in [1.54, 1.807) is 18.1 Å². The number of aromatic nitrogens is 3. The molecule has 1 heterocycles. The van der Waals surface area contributed by atoms with Crippen molar-refractivity contribution < 1.29 is 4.74 Å². The van der Waals surface area contributed by atoms with Gasteiger partial charge in [0.05, 0.1) is 0 Å². The highest BCUT2D eigenvalue weighted by molar-refractivity contribution is 5.05. The summed E-state index contributed by atoms with van der Waals surface area (Å²) in [5, 5.41) is 12.3. The Labute approximate surface area is 70.6 Å². The van der Waals surface area contributed by atoms with Gasteiger partial charge in [-0.05, 0) is 6.42 Å². The highest BCUT2D eigenvalue weighted by Gasteiger charge is 1.97. The van der Waals surface area contributed by atoms with Crippen LogP contribution in [0.2, 0.25) is 0 Å². The molecule has 0 atom stereocenters. The molecule has 0 saturated heterocycles. The van der Waals surface area contributed by atoms with E-state index < -0.39 is 0 Å². The Bertz CT molecular complexity index is 275. The third-order valence-corrected chi connectivity index (χ3v) is 1.37. The van der Waals surface area contributed by atoms with Gasteiger partial charge in [0.1, 0.15) is 12.4 Å². The molecule has 0 unspecified atom stereocenters.